The number of amides is 2. The summed E-state index contributed by atoms with van der Waals surface area (Å²) in [7, 11) is 0. The normalized spacial score (nSPS) is 18.0. The molecule has 0 radical (unpaired) electrons. The maximum Gasteiger partial charge on any atom is 0.407 e. The van der Waals surface area contributed by atoms with Gasteiger partial charge in [-0.25, -0.2) is 4.79 Å². The smallest absolute Gasteiger partial charge is 0.407 e. The number of rotatable bonds is 8. The number of alkyl carbamates (subject to hydrolysis) is 1. The summed E-state index contributed by atoms with van der Waals surface area (Å²) in [6.07, 6.45) is -0.0401. The fraction of sp³-hybridized carbons (Fsp3) is 0.280. The molecular formula is C25H23N3O6. The van der Waals surface area contributed by atoms with Crippen LogP contribution >= 0.6 is 0 Å². The van der Waals surface area contributed by atoms with Gasteiger partial charge in [0, 0.05) is 18.5 Å². The number of hydrogen-bond donors (Lipinski definition) is 3. The van der Waals surface area contributed by atoms with Gasteiger partial charge in [0.05, 0.1) is 12.5 Å². The predicted octanol–water partition coefficient (Wildman–Crippen LogP) is 3.16. The van der Waals surface area contributed by atoms with E-state index < -0.39 is 23.9 Å². The zero-order chi connectivity index (χ0) is 23.7. The van der Waals surface area contributed by atoms with Crippen LogP contribution in [0.4, 0.5) is 4.79 Å². The predicted molar refractivity (Wildman–Crippen MR) is 120 cm³/mol. The van der Waals surface area contributed by atoms with Crippen molar-refractivity contribution in [2.24, 2.45) is 11.8 Å². The van der Waals surface area contributed by atoms with Crippen molar-refractivity contribution in [3.8, 4) is 11.1 Å². The number of carboxylic acid groups (broad SMARTS) is 1. The maximum atomic E-state index is 12.3. The second-order valence-electron chi connectivity index (χ2n) is 8.51. The van der Waals surface area contributed by atoms with Gasteiger partial charge in [-0.05, 0) is 34.6 Å². The first-order chi connectivity index (χ1) is 16.5. The summed E-state index contributed by atoms with van der Waals surface area (Å²) in [6, 6.07) is 17.6. The average Bonchev–Trinajstić information content (AvgIpc) is 3.36. The summed E-state index contributed by atoms with van der Waals surface area (Å²) < 4.78 is 10.6. The van der Waals surface area contributed by atoms with Crippen LogP contribution in [-0.2, 0) is 16.1 Å². The number of benzene rings is 2. The molecule has 3 aromatic rings. The van der Waals surface area contributed by atoms with Crippen LogP contribution in [0, 0.1) is 11.8 Å². The highest BCUT2D eigenvalue weighted by Crippen LogP contribution is 2.44. The number of carbonyl (C=O) groups is 3. The highest BCUT2D eigenvalue weighted by molar-refractivity contribution is 5.92. The van der Waals surface area contributed by atoms with Crippen molar-refractivity contribution in [2.45, 2.75) is 18.9 Å². The third-order valence-electron chi connectivity index (χ3n) is 6.31. The van der Waals surface area contributed by atoms with E-state index in [0.717, 1.165) is 22.3 Å². The Hall–Kier alpha value is -4.14. The van der Waals surface area contributed by atoms with Crippen molar-refractivity contribution >= 4 is 18.0 Å². The van der Waals surface area contributed by atoms with Gasteiger partial charge < -0.3 is 25.0 Å². The number of nitrogens with one attached hydrogen (secondary N) is 2. The van der Waals surface area contributed by atoms with Gasteiger partial charge in [0.25, 0.3) is 5.91 Å². The van der Waals surface area contributed by atoms with Gasteiger partial charge in [0.15, 0.2) is 11.5 Å². The number of fused-ring (bicyclic) bond motifs is 3. The molecule has 0 aliphatic heterocycles. The van der Waals surface area contributed by atoms with E-state index in [-0.39, 0.29) is 37.2 Å². The molecule has 1 heterocycles. The molecule has 0 spiro atoms. The molecule has 1 aromatic heterocycles. The molecule has 2 aliphatic rings. The van der Waals surface area contributed by atoms with Crippen molar-refractivity contribution < 1.29 is 28.8 Å². The zero-order valence-corrected chi connectivity index (χ0v) is 18.2. The first kappa shape index (κ1) is 21.7. The van der Waals surface area contributed by atoms with E-state index in [9.17, 15) is 14.4 Å². The SMILES string of the molecule is O=C(NCc1cc(C(=O)NCC2CC2C(=O)O)no1)OCC1c2ccccc2-c2ccccc21. The minimum atomic E-state index is -0.845. The molecule has 5 rings (SSSR count). The molecule has 1 fully saturated rings. The minimum Gasteiger partial charge on any atom is -0.481 e. The minimum absolute atomic E-state index is 0.0146. The van der Waals surface area contributed by atoms with Crippen LogP contribution in [0.3, 0.4) is 0 Å². The Morgan fingerprint density at radius 2 is 1.71 bits per heavy atom. The van der Waals surface area contributed by atoms with E-state index >= 15 is 0 Å². The lowest BCUT2D eigenvalue weighted by Crippen LogP contribution is -2.27. The van der Waals surface area contributed by atoms with Crippen LogP contribution in [0.1, 0.15) is 39.7 Å². The summed E-state index contributed by atoms with van der Waals surface area (Å²) in [5.74, 6) is -1.48. The van der Waals surface area contributed by atoms with Crippen molar-refractivity contribution in [2.75, 3.05) is 13.2 Å². The molecule has 2 aliphatic carbocycles. The van der Waals surface area contributed by atoms with Crippen LogP contribution in [0.2, 0.25) is 0 Å². The van der Waals surface area contributed by atoms with Gasteiger partial charge in [0.2, 0.25) is 0 Å². The molecule has 9 heteroatoms. The van der Waals surface area contributed by atoms with Crippen molar-refractivity contribution in [1.29, 1.82) is 0 Å². The topological polar surface area (TPSA) is 131 Å². The molecule has 0 saturated heterocycles. The second-order valence-corrected chi connectivity index (χ2v) is 8.51. The van der Waals surface area contributed by atoms with Crippen LogP contribution in [-0.4, -0.2) is 41.4 Å². The van der Waals surface area contributed by atoms with E-state index in [1.54, 1.807) is 0 Å². The first-order valence-electron chi connectivity index (χ1n) is 11.1. The van der Waals surface area contributed by atoms with E-state index in [0.29, 0.717) is 12.2 Å². The highest BCUT2D eigenvalue weighted by Gasteiger charge is 2.43. The number of ether oxygens (including phenoxy) is 1. The molecule has 9 nitrogen and oxygen atoms in total. The van der Waals surface area contributed by atoms with Crippen LogP contribution < -0.4 is 10.6 Å². The molecule has 2 amide bonds. The van der Waals surface area contributed by atoms with Gasteiger partial charge in [-0.3, -0.25) is 9.59 Å². The van der Waals surface area contributed by atoms with Crippen molar-refractivity contribution in [1.82, 2.24) is 15.8 Å². The lowest BCUT2D eigenvalue weighted by Gasteiger charge is -2.14. The fourth-order valence-corrected chi connectivity index (χ4v) is 4.40. The van der Waals surface area contributed by atoms with Crippen LogP contribution in [0.15, 0.2) is 59.1 Å². The molecule has 2 aromatic carbocycles. The van der Waals surface area contributed by atoms with Crippen LogP contribution in [0.25, 0.3) is 11.1 Å². The maximum absolute atomic E-state index is 12.3. The largest absolute Gasteiger partial charge is 0.481 e. The molecule has 34 heavy (non-hydrogen) atoms. The average molecular weight is 461 g/mol. The number of aliphatic carboxylic acids is 1. The van der Waals surface area contributed by atoms with Gasteiger partial charge in [-0.15, -0.1) is 0 Å². The Morgan fingerprint density at radius 1 is 1.03 bits per heavy atom. The summed E-state index contributed by atoms with van der Waals surface area (Å²) in [6.45, 7) is 0.485. The number of carboxylic acids is 1. The van der Waals surface area contributed by atoms with Crippen LogP contribution in [0.5, 0.6) is 0 Å². The summed E-state index contributed by atoms with van der Waals surface area (Å²) in [5, 5.41) is 17.9. The van der Waals surface area contributed by atoms with E-state index in [2.05, 4.69) is 27.9 Å². The standard InChI is InChI=1S/C25H23N3O6/c29-23(26-11-14-9-20(14)24(30)31)22-10-15(34-28-22)12-27-25(32)33-13-21-18-7-3-1-5-16(18)17-6-2-4-8-19(17)21/h1-8,10,14,20-21H,9,11-13H2,(H,26,29)(H,27,32)(H,30,31). The van der Waals surface area contributed by atoms with E-state index in [4.69, 9.17) is 14.4 Å². The molecule has 3 N–H and O–H groups in total. The third-order valence-corrected chi connectivity index (χ3v) is 6.31. The lowest BCUT2D eigenvalue weighted by atomic mass is 9.98. The number of carbonyl (C=O) groups excluding carboxylic acids is 2. The quantitative estimate of drug-likeness (QED) is 0.470. The molecule has 1 saturated carbocycles. The molecule has 0 bridgehead atoms. The monoisotopic (exact) mass is 461 g/mol. The van der Waals surface area contributed by atoms with Gasteiger partial charge in [-0.1, -0.05) is 53.7 Å². The van der Waals surface area contributed by atoms with E-state index in [1.165, 1.54) is 6.07 Å². The summed E-state index contributed by atoms with van der Waals surface area (Å²) in [4.78, 5) is 35.3. The highest BCUT2D eigenvalue weighted by atomic mass is 16.5. The Bertz CT molecular complexity index is 1210. The number of hydrogen-bond acceptors (Lipinski definition) is 6. The van der Waals surface area contributed by atoms with Gasteiger partial charge >= 0.3 is 12.1 Å². The molecular weight excluding hydrogens is 438 g/mol. The Labute approximate surface area is 195 Å². The zero-order valence-electron chi connectivity index (χ0n) is 18.2. The Morgan fingerprint density at radius 3 is 2.35 bits per heavy atom. The number of nitrogens with zero attached hydrogens (tertiary/aromatic N) is 1. The fourth-order valence-electron chi connectivity index (χ4n) is 4.40. The molecule has 2 unspecified atom stereocenters. The van der Waals surface area contributed by atoms with E-state index in [1.807, 2.05) is 36.4 Å². The molecule has 2 atom stereocenters. The third kappa shape index (κ3) is 4.36. The van der Waals surface area contributed by atoms with Gasteiger partial charge in [-0.2, -0.15) is 0 Å². The van der Waals surface area contributed by atoms with Crippen molar-refractivity contribution in [3.05, 3.63) is 77.2 Å². The molecule has 174 valence electrons. The Kier molecular flexibility index (Phi) is 5.75. The second kappa shape index (κ2) is 9.01. The van der Waals surface area contributed by atoms with Crippen molar-refractivity contribution in [3.63, 3.8) is 0 Å². The number of aromatic nitrogens is 1. The Balaban J connectivity index is 1.11. The summed E-state index contributed by atoms with van der Waals surface area (Å²) in [5.41, 5.74) is 4.63. The lowest BCUT2D eigenvalue weighted by molar-refractivity contribution is -0.138. The summed E-state index contributed by atoms with van der Waals surface area (Å²) >= 11 is 0. The first-order valence-corrected chi connectivity index (χ1v) is 11.1. The van der Waals surface area contributed by atoms with Gasteiger partial charge in [0.1, 0.15) is 6.61 Å².